The maximum atomic E-state index is 10.9. The Labute approximate surface area is 106 Å². The third kappa shape index (κ3) is 2.03. The van der Waals surface area contributed by atoms with E-state index in [1.165, 1.54) is 0 Å². The first kappa shape index (κ1) is 11.4. The number of rotatable bonds is 2. The Hall–Kier alpha value is -1.13. The molecule has 0 bridgehead atoms. The van der Waals surface area contributed by atoms with Crippen molar-refractivity contribution < 1.29 is 4.79 Å². The molecule has 1 aromatic heterocycles. The van der Waals surface area contributed by atoms with Crippen molar-refractivity contribution >= 4 is 33.8 Å². The number of nitrogens with zero attached hydrogens (tertiary/aromatic N) is 2. The molecule has 1 aromatic carbocycles. The minimum atomic E-state index is 0.572. The topological polar surface area (TPSA) is 34.9 Å². The summed E-state index contributed by atoms with van der Waals surface area (Å²) in [5.74, 6) is 0. The second-order valence-corrected chi connectivity index (χ2v) is 4.65. The molecule has 0 amide bonds. The molecule has 2 aromatic rings. The molecule has 2 rings (SSSR count). The van der Waals surface area contributed by atoms with Gasteiger partial charge in [-0.3, -0.25) is 4.79 Å². The van der Waals surface area contributed by atoms with Crippen LogP contribution in [0.1, 0.15) is 16.1 Å². The highest BCUT2D eigenvalue weighted by molar-refractivity contribution is 9.10. The molecule has 0 spiro atoms. The minimum Gasteiger partial charge on any atom is -0.298 e. The number of carbonyl (C=O) groups is 1. The monoisotopic (exact) mass is 298 g/mol. The Balaban J connectivity index is 2.62. The van der Waals surface area contributed by atoms with Crippen molar-refractivity contribution in [2.45, 2.75) is 6.92 Å². The maximum Gasteiger partial charge on any atom is 0.152 e. The van der Waals surface area contributed by atoms with Gasteiger partial charge in [-0.25, -0.2) is 4.68 Å². The number of aromatic nitrogens is 2. The molecule has 0 saturated heterocycles. The molecule has 0 radical (unpaired) electrons. The summed E-state index contributed by atoms with van der Waals surface area (Å²) in [5.41, 5.74) is 2.01. The van der Waals surface area contributed by atoms with E-state index in [4.69, 9.17) is 11.6 Å². The fourth-order valence-electron chi connectivity index (χ4n) is 1.38. The predicted octanol–water partition coefficient (Wildman–Crippen LogP) is 3.41. The SMILES string of the molecule is Cc1nn(-c2cc(Br)ccc2C=O)cc1Cl. The second kappa shape index (κ2) is 4.39. The highest BCUT2D eigenvalue weighted by Crippen LogP contribution is 2.21. The van der Waals surface area contributed by atoms with E-state index in [0.717, 1.165) is 16.5 Å². The molecular formula is C11H8BrClN2O. The van der Waals surface area contributed by atoms with Crippen LogP contribution in [0, 0.1) is 6.92 Å². The third-order valence-corrected chi connectivity index (χ3v) is 3.07. The van der Waals surface area contributed by atoms with E-state index in [0.29, 0.717) is 16.3 Å². The number of benzene rings is 1. The van der Waals surface area contributed by atoms with Gasteiger partial charge in [0.2, 0.25) is 0 Å². The Morgan fingerprint density at radius 1 is 1.50 bits per heavy atom. The maximum absolute atomic E-state index is 10.9. The average molecular weight is 300 g/mol. The van der Waals surface area contributed by atoms with Gasteiger partial charge >= 0.3 is 0 Å². The normalized spacial score (nSPS) is 10.4. The van der Waals surface area contributed by atoms with Crippen molar-refractivity contribution in [3.8, 4) is 5.69 Å². The van der Waals surface area contributed by atoms with Gasteiger partial charge in [-0.1, -0.05) is 27.5 Å². The zero-order valence-corrected chi connectivity index (χ0v) is 10.8. The predicted molar refractivity (Wildman–Crippen MR) is 66.4 cm³/mol. The van der Waals surface area contributed by atoms with Crippen LogP contribution in [0.3, 0.4) is 0 Å². The van der Waals surface area contributed by atoms with Gasteiger partial charge in [-0.05, 0) is 25.1 Å². The Morgan fingerprint density at radius 3 is 2.81 bits per heavy atom. The van der Waals surface area contributed by atoms with Crippen LogP contribution in [0.25, 0.3) is 5.69 Å². The number of aldehydes is 1. The Bertz CT molecular complexity index is 531. The van der Waals surface area contributed by atoms with Crippen LogP contribution in [0.5, 0.6) is 0 Å². The summed E-state index contributed by atoms with van der Waals surface area (Å²) < 4.78 is 2.49. The van der Waals surface area contributed by atoms with E-state index < -0.39 is 0 Å². The first-order chi connectivity index (χ1) is 7.61. The highest BCUT2D eigenvalue weighted by Gasteiger charge is 2.08. The van der Waals surface area contributed by atoms with Crippen LogP contribution in [-0.2, 0) is 0 Å². The van der Waals surface area contributed by atoms with E-state index in [1.54, 1.807) is 16.9 Å². The molecule has 0 fully saturated rings. The molecule has 5 heteroatoms. The smallest absolute Gasteiger partial charge is 0.152 e. The first-order valence-electron chi connectivity index (χ1n) is 4.58. The summed E-state index contributed by atoms with van der Waals surface area (Å²) in [4.78, 5) is 10.9. The summed E-state index contributed by atoms with van der Waals surface area (Å²) in [5, 5.41) is 4.82. The number of aryl methyl sites for hydroxylation is 1. The minimum absolute atomic E-state index is 0.572. The zero-order chi connectivity index (χ0) is 11.7. The molecule has 0 unspecified atom stereocenters. The van der Waals surface area contributed by atoms with Crippen LogP contribution in [-0.4, -0.2) is 16.1 Å². The molecule has 3 nitrogen and oxygen atoms in total. The van der Waals surface area contributed by atoms with Crippen molar-refractivity contribution in [1.29, 1.82) is 0 Å². The van der Waals surface area contributed by atoms with E-state index >= 15 is 0 Å². The number of halogens is 2. The molecule has 1 heterocycles. The lowest BCUT2D eigenvalue weighted by Crippen LogP contribution is -1.99. The molecule has 16 heavy (non-hydrogen) atoms. The average Bonchev–Trinajstić information content (AvgIpc) is 2.59. The van der Waals surface area contributed by atoms with Gasteiger partial charge in [-0.2, -0.15) is 5.10 Å². The van der Waals surface area contributed by atoms with Gasteiger partial charge in [0.25, 0.3) is 0 Å². The first-order valence-corrected chi connectivity index (χ1v) is 5.76. The fourth-order valence-corrected chi connectivity index (χ4v) is 1.86. The summed E-state index contributed by atoms with van der Waals surface area (Å²) >= 11 is 9.29. The van der Waals surface area contributed by atoms with Gasteiger partial charge in [0.15, 0.2) is 6.29 Å². The van der Waals surface area contributed by atoms with Gasteiger partial charge in [-0.15, -0.1) is 0 Å². The van der Waals surface area contributed by atoms with Crippen molar-refractivity contribution in [1.82, 2.24) is 9.78 Å². The molecule has 0 atom stereocenters. The zero-order valence-electron chi connectivity index (χ0n) is 8.45. The van der Waals surface area contributed by atoms with E-state index in [-0.39, 0.29) is 0 Å². The Kier molecular flexibility index (Phi) is 3.12. The molecule has 0 aliphatic carbocycles. The summed E-state index contributed by atoms with van der Waals surface area (Å²) in [6, 6.07) is 5.37. The van der Waals surface area contributed by atoms with Gasteiger partial charge in [0.05, 0.1) is 16.4 Å². The number of carbonyl (C=O) groups excluding carboxylic acids is 1. The fraction of sp³-hybridized carbons (Fsp3) is 0.0909. The lowest BCUT2D eigenvalue weighted by Gasteiger charge is -2.04. The van der Waals surface area contributed by atoms with E-state index in [1.807, 2.05) is 19.1 Å². The second-order valence-electron chi connectivity index (χ2n) is 3.33. The van der Waals surface area contributed by atoms with Crippen LogP contribution in [0.2, 0.25) is 5.02 Å². The van der Waals surface area contributed by atoms with Crippen LogP contribution in [0.15, 0.2) is 28.9 Å². The molecule has 0 saturated carbocycles. The molecule has 0 N–H and O–H groups in total. The Morgan fingerprint density at radius 2 is 2.25 bits per heavy atom. The molecule has 0 aliphatic rings. The van der Waals surface area contributed by atoms with Crippen LogP contribution in [0.4, 0.5) is 0 Å². The molecular weight excluding hydrogens is 291 g/mol. The standard InChI is InChI=1S/C11H8BrClN2O/c1-7-10(13)5-15(14-7)11-4-9(12)3-2-8(11)6-16/h2-6H,1H3. The largest absolute Gasteiger partial charge is 0.298 e. The number of hydrogen-bond donors (Lipinski definition) is 0. The van der Waals surface area contributed by atoms with E-state index in [2.05, 4.69) is 21.0 Å². The number of hydrogen-bond acceptors (Lipinski definition) is 2. The van der Waals surface area contributed by atoms with Crippen LogP contribution >= 0.6 is 27.5 Å². The quantitative estimate of drug-likeness (QED) is 0.797. The van der Waals surface area contributed by atoms with Crippen molar-refractivity contribution in [2.75, 3.05) is 0 Å². The summed E-state index contributed by atoms with van der Waals surface area (Å²) in [6.07, 6.45) is 2.48. The van der Waals surface area contributed by atoms with Crippen molar-refractivity contribution in [2.24, 2.45) is 0 Å². The van der Waals surface area contributed by atoms with Gasteiger partial charge < -0.3 is 0 Å². The lowest BCUT2D eigenvalue weighted by molar-refractivity contribution is 0.112. The molecule has 0 aliphatic heterocycles. The third-order valence-electron chi connectivity index (χ3n) is 2.21. The van der Waals surface area contributed by atoms with E-state index in [9.17, 15) is 4.79 Å². The lowest BCUT2D eigenvalue weighted by atomic mass is 10.2. The summed E-state index contributed by atoms with van der Waals surface area (Å²) in [6.45, 7) is 1.82. The molecule has 82 valence electrons. The summed E-state index contributed by atoms with van der Waals surface area (Å²) in [7, 11) is 0. The van der Waals surface area contributed by atoms with Gasteiger partial charge in [0, 0.05) is 16.2 Å². The van der Waals surface area contributed by atoms with Crippen LogP contribution < -0.4 is 0 Å². The van der Waals surface area contributed by atoms with Crippen molar-refractivity contribution in [3.63, 3.8) is 0 Å². The highest BCUT2D eigenvalue weighted by atomic mass is 79.9. The van der Waals surface area contributed by atoms with Gasteiger partial charge in [0.1, 0.15) is 0 Å². The van der Waals surface area contributed by atoms with Crippen molar-refractivity contribution in [3.05, 3.63) is 45.1 Å².